The van der Waals surface area contributed by atoms with Crippen LogP contribution < -0.4 is 10.6 Å². The first kappa shape index (κ1) is 15.7. The van der Waals surface area contributed by atoms with Gasteiger partial charge < -0.3 is 10.6 Å². The summed E-state index contributed by atoms with van der Waals surface area (Å²) in [6.45, 7) is 0. The molecule has 0 unspecified atom stereocenters. The molecular weight excluding hydrogens is 308 g/mol. The van der Waals surface area contributed by atoms with Gasteiger partial charge in [0.05, 0.1) is 0 Å². The fraction of sp³-hybridized carbons (Fsp3) is 0.333. The van der Waals surface area contributed by atoms with Crippen molar-refractivity contribution >= 4 is 28.8 Å². The van der Waals surface area contributed by atoms with Crippen molar-refractivity contribution in [2.75, 3.05) is 5.32 Å². The Morgan fingerprint density at radius 2 is 2.04 bits per heavy atom. The normalized spacial score (nSPS) is 13.6. The van der Waals surface area contributed by atoms with Gasteiger partial charge in [0.2, 0.25) is 5.91 Å². The molecule has 4 nitrogen and oxygen atoms in total. The van der Waals surface area contributed by atoms with E-state index in [9.17, 15) is 9.59 Å². The number of rotatable bonds is 7. The van der Waals surface area contributed by atoms with Crippen molar-refractivity contribution in [3.05, 3.63) is 52.2 Å². The maximum absolute atomic E-state index is 12.0. The van der Waals surface area contributed by atoms with Gasteiger partial charge in [-0.1, -0.05) is 12.1 Å². The molecular formula is C18H20N2O2S. The zero-order valence-electron chi connectivity index (χ0n) is 12.9. The van der Waals surface area contributed by atoms with Gasteiger partial charge in [-0.25, -0.2) is 0 Å². The lowest BCUT2D eigenvalue weighted by atomic mass is 10.1. The number of amides is 2. The molecule has 1 aliphatic rings. The average molecular weight is 328 g/mol. The Balaban J connectivity index is 1.48. The molecule has 3 rings (SSSR count). The monoisotopic (exact) mass is 328 g/mol. The van der Waals surface area contributed by atoms with Crippen LogP contribution in [0.4, 0.5) is 5.69 Å². The second-order valence-corrected chi connectivity index (χ2v) is 6.84. The molecule has 2 amide bonds. The summed E-state index contributed by atoms with van der Waals surface area (Å²) in [5, 5.41) is 7.87. The van der Waals surface area contributed by atoms with Crippen LogP contribution in [0.5, 0.6) is 0 Å². The lowest BCUT2D eigenvalue weighted by molar-refractivity contribution is -0.116. The summed E-state index contributed by atoms with van der Waals surface area (Å²) in [4.78, 5) is 25.3. The van der Waals surface area contributed by atoms with E-state index in [0.29, 0.717) is 23.7 Å². The molecule has 1 heterocycles. The first-order valence-electron chi connectivity index (χ1n) is 7.94. The number of thiophene rings is 1. The second kappa shape index (κ2) is 7.42. The fourth-order valence-electron chi connectivity index (χ4n) is 2.34. The Bertz CT molecular complexity index is 678. The SMILES string of the molecule is O=C(CCCc1cccs1)Nc1cccc(C(=O)NC2CC2)c1. The van der Waals surface area contributed by atoms with Crippen molar-refractivity contribution in [3.8, 4) is 0 Å². The van der Waals surface area contributed by atoms with Crippen LogP contribution in [-0.2, 0) is 11.2 Å². The maximum atomic E-state index is 12.0. The maximum Gasteiger partial charge on any atom is 0.251 e. The topological polar surface area (TPSA) is 58.2 Å². The van der Waals surface area contributed by atoms with E-state index in [2.05, 4.69) is 16.7 Å². The Morgan fingerprint density at radius 3 is 2.78 bits per heavy atom. The zero-order valence-corrected chi connectivity index (χ0v) is 13.7. The molecule has 0 atom stereocenters. The predicted octanol–water partition coefficient (Wildman–Crippen LogP) is 3.60. The number of nitrogens with one attached hydrogen (secondary N) is 2. The molecule has 1 aromatic carbocycles. The smallest absolute Gasteiger partial charge is 0.251 e. The molecule has 5 heteroatoms. The first-order valence-corrected chi connectivity index (χ1v) is 8.82. The highest BCUT2D eigenvalue weighted by Crippen LogP contribution is 2.20. The molecule has 1 aliphatic carbocycles. The van der Waals surface area contributed by atoms with Gasteiger partial charge in [-0.2, -0.15) is 0 Å². The Hall–Kier alpha value is -2.14. The van der Waals surface area contributed by atoms with Crippen LogP contribution in [0.15, 0.2) is 41.8 Å². The van der Waals surface area contributed by atoms with Crippen LogP contribution in [0.2, 0.25) is 0 Å². The highest BCUT2D eigenvalue weighted by Gasteiger charge is 2.23. The van der Waals surface area contributed by atoms with Gasteiger partial charge in [0, 0.05) is 28.6 Å². The van der Waals surface area contributed by atoms with Gasteiger partial charge in [-0.3, -0.25) is 9.59 Å². The molecule has 0 radical (unpaired) electrons. The molecule has 0 aliphatic heterocycles. The van der Waals surface area contributed by atoms with Gasteiger partial charge >= 0.3 is 0 Å². The fourth-order valence-corrected chi connectivity index (χ4v) is 3.09. The summed E-state index contributed by atoms with van der Waals surface area (Å²) in [6, 6.07) is 11.5. The highest BCUT2D eigenvalue weighted by atomic mass is 32.1. The number of benzene rings is 1. The number of hydrogen-bond acceptors (Lipinski definition) is 3. The molecule has 120 valence electrons. The van der Waals surface area contributed by atoms with Crippen LogP contribution in [0.1, 0.15) is 40.9 Å². The molecule has 0 spiro atoms. The van der Waals surface area contributed by atoms with Gasteiger partial charge in [-0.05, 0) is 55.3 Å². The molecule has 2 aromatic rings. The number of anilines is 1. The third-order valence-corrected chi connectivity index (χ3v) is 4.66. The summed E-state index contributed by atoms with van der Waals surface area (Å²) in [7, 11) is 0. The van der Waals surface area contributed by atoms with Gasteiger partial charge in [0.15, 0.2) is 0 Å². The Kier molecular flexibility index (Phi) is 5.08. The van der Waals surface area contributed by atoms with E-state index in [1.54, 1.807) is 29.5 Å². The Labute approximate surface area is 139 Å². The van der Waals surface area contributed by atoms with Crippen molar-refractivity contribution in [1.29, 1.82) is 0 Å². The van der Waals surface area contributed by atoms with Crippen LogP contribution in [0.25, 0.3) is 0 Å². The summed E-state index contributed by atoms with van der Waals surface area (Å²) >= 11 is 1.72. The van der Waals surface area contributed by atoms with Crippen molar-refractivity contribution < 1.29 is 9.59 Å². The number of carbonyl (C=O) groups is 2. The standard InChI is InChI=1S/C18H20N2O2S/c21-17(8-2-6-16-7-3-11-23-16)19-15-5-1-4-13(12-15)18(22)20-14-9-10-14/h1,3-5,7,11-12,14H,2,6,8-10H2,(H,19,21)(H,20,22). The van der Waals surface area contributed by atoms with E-state index in [1.807, 2.05) is 17.5 Å². The molecule has 1 saturated carbocycles. The zero-order chi connectivity index (χ0) is 16.1. The van der Waals surface area contributed by atoms with Crippen LogP contribution in [0, 0.1) is 0 Å². The van der Waals surface area contributed by atoms with Crippen molar-refractivity contribution in [3.63, 3.8) is 0 Å². The van der Waals surface area contributed by atoms with E-state index in [-0.39, 0.29) is 11.8 Å². The van der Waals surface area contributed by atoms with E-state index >= 15 is 0 Å². The number of carbonyl (C=O) groups excluding carboxylic acids is 2. The summed E-state index contributed by atoms with van der Waals surface area (Å²) in [6.07, 6.45) is 4.36. The predicted molar refractivity (Wildman–Crippen MR) is 92.8 cm³/mol. The van der Waals surface area contributed by atoms with Crippen molar-refractivity contribution in [2.45, 2.75) is 38.1 Å². The molecule has 0 bridgehead atoms. The molecule has 0 saturated heterocycles. The third kappa shape index (κ3) is 4.93. The highest BCUT2D eigenvalue weighted by molar-refractivity contribution is 7.09. The molecule has 1 aromatic heterocycles. The van der Waals surface area contributed by atoms with E-state index in [0.717, 1.165) is 25.7 Å². The third-order valence-electron chi connectivity index (χ3n) is 3.73. The quantitative estimate of drug-likeness (QED) is 0.816. The van der Waals surface area contributed by atoms with E-state index in [1.165, 1.54) is 4.88 Å². The summed E-state index contributed by atoms with van der Waals surface area (Å²) in [5.74, 6) is -0.0809. The minimum absolute atomic E-state index is 0.0127. The van der Waals surface area contributed by atoms with Crippen LogP contribution in [-0.4, -0.2) is 17.9 Å². The lowest BCUT2D eigenvalue weighted by Crippen LogP contribution is -2.25. The molecule has 1 fully saturated rings. The van der Waals surface area contributed by atoms with E-state index in [4.69, 9.17) is 0 Å². The second-order valence-electron chi connectivity index (χ2n) is 5.81. The van der Waals surface area contributed by atoms with Gasteiger partial charge in [0.1, 0.15) is 0 Å². The first-order chi connectivity index (χ1) is 11.2. The van der Waals surface area contributed by atoms with Crippen molar-refractivity contribution in [1.82, 2.24) is 5.32 Å². The summed E-state index contributed by atoms with van der Waals surface area (Å²) in [5.41, 5.74) is 1.27. The summed E-state index contributed by atoms with van der Waals surface area (Å²) < 4.78 is 0. The minimum Gasteiger partial charge on any atom is -0.349 e. The minimum atomic E-state index is -0.0682. The van der Waals surface area contributed by atoms with Gasteiger partial charge in [-0.15, -0.1) is 11.3 Å². The largest absolute Gasteiger partial charge is 0.349 e. The van der Waals surface area contributed by atoms with Crippen LogP contribution >= 0.6 is 11.3 Å². The molecule has 2 N–H and O–H groups in total. The van der Waals surface area contributed by atoms with Crippen molar-refractivity contribution in [2.24, 2.45) is 0 Å². The lowest BCUT2D eigenvalue weighted by Gasteiger charge is -2.08. The van der Waals surface area contributed by atoms with Crippen LogP contribution in [0.3, 0.4) is 0 Å². The van der Waals surface area contributed by atoms with E-state index < -0.39 is 0 Å². The molecule has 23 heavy (non-hydrogen) atoms. The number of hydrogen-bond donors (Lipinski definition) is 2. The Morgan fingerprint density at radius 1 is 1.17 bits per heavy atom. The average Bonchev–Trinajstić information content (AvgIpc) is 3.20. The number of aryl methyl sites for hydroxylation is 1. The van der Waals surface area contributed by atoms with Gasteiger partial charge in [0.25, 0.3) is 5.91 Å².